The van der Waals surface area contributed by atoms with Crippen LogP contribution in [0.2, 0.25) is 0 Å². The molecule has 0 radical (unpaired) electrons. The minimum Gasteiger partial charge on any atom is -0.480 e. The van der Waals surface area contributed by atoms with Crippen LogP contribution in [0.1, 0.15) is 47.1 Å². The predicted molar refractivity (Wildman–Crippen MR) is 96.1 cm³/mol. The predicted octanol–water partition coefficient (Wildman–Crippen LogP) is 2.81. The molecule has 1 amide bonds. The number of hydrogen-bond acceptors (Lipinski definition) is 5. The molecule has 4 rings (SSSR count). The number of fused-ring (bicyclic) bond motifs is 1. The summed E-state index contributed by atoms with van der Waals surface area (Å²) in [7, 11) is 1.53. The van der Waals surface area contributed by atoms with E-state index >= 15 is 0 Å². The maximum absolute atomic E-state index is 13.2. The molecule has 0 spiro atoms. The zero-order valence-electron chi connectivity index (χ0n) is 14.9. The van der Waals surface area contributed by atoms with E-state index in [1.807, 2.05) is 30.2 Å². The third-order valence-corrected chi connectivity index (χ3v) is 4.77. The number of pyridine rings is 1. The Morgan fingerprint density at radius 3 is 3.04 bits per heavy atom. The van der Waals surface area contributed by atoms with Gasteiger partial charge in [-0.15, -0.1) is 0 Å². The Morgan fingerprint density at radius 2 is 2.19 bits per heavy atom. The number of ether oxygens (including phenoxy) is 1. The standard InChI is InChI=1S/C19H21N5O2/c1-13-12-17-21-15(8-11-24(17)22-13)16-7-3-4-10-23(16)19(25)14-6-5-9-20-18(14)26-2/h5-6,8-9,11-12,16H,3-4,7,10H2,1-2H3. The van der Waals surface area contributed by atoms with Gasteiger partial charge in [0.05, 0.1) is 24.5 Å². The molecule has 1 atom stereocenters. The van der Waals surface area contributed by atoms with E-state index < -0.39 is 0 Å². The van der Waals surface area contributed by atoms with Gasteiger partial charge in [0.1, 0.15) is 5.56 Å². The van der Waals surface area contributed by atoms with E-state index in [9.17, 15) is 4.79 Å². The first kappa shape index (κ1) is 16.5. The quantitative estimate of drug-likeness (QED) is 0.725. The summed E-state index contributed by atoms with van der Waals surface area (Å²) in [6.45, 7) is 2.65. The molecule has 1 saturated heterocycles. The zero-order valence-corrected chi connectivity index (χ0v) is 14.9. The van der Waals surface area contributed by atoms with Crippen molar-refractivity contribution in [3.8, 4) is 5.88 Å². The molecule has 134 valence electrons. The number of carbonyl (C=O) groups is 1. The molecule has 26 heavy (non-hydrogen) atoms. The number of aromatic nitrogens is 4. The maximum Gasteiger partial charge on any atom is 0.259 e. The third kappa shape index (κ3) is 2.89. The molecule has 7 heteroatoms. The van der Waals surface area contributed by atoms with Crippen molar-refractivity contribution in [1.29, 1.82) is 0 Å². The second kappa shape index (κ2) is 6.74. The number of nitrogens with zero attached hydrogens (tertiary/aromatic N) is 5. The van der Waals surface area contributed by atoms with Gasteiger partial charge in [-0.1, -0.05) is 0 Å². The SMILES string of the molecule is COc1ncccc1C(=O)N1CCCCC1c1ccn2nc(C)cc2n1. The second-order valence-electron chi connectivity index (χ2n) is 6.51. The fourth-order valence-electron chi connectivity index (χ4n) is 3.55. The number of rotatable bonds is 3. The molecule has 4 heterocycles. The first-order valence-corrected chi connectivity index (χ1v) is 8.80. The number of piperidine rings is 1. The molecule has 0 saturated carbocycles. The van der Waals surface area contributed by atoms with Crippen molar-refractivity contribution in [1.82, 2.24) is 24.5 Å². The largest absolute Gasteiger partial charge is 0.480 e. The topological polar surface area (TPSA) is 72.6 Å². The molecule has 0 N–H and O–H groups in total. The van der Waals surface area contributed by atoms with Crippen LogP contribution in [0.25, 0.3) is 5.65 Å². The molecule has 3 aromatic rings. The Labute approximate surface area is 151 Å². The summed E-state index contributed by atoms with van der Waals surface area (Å²) in [6, 6.07) is 7.37. The molecular weight excluding hydrogens is 330 g/mol. The van der Waals surface area contributed by atoms with Gasteiger partial charge in [0.15, 0.2) is 5.65 Å². The second-order valence-corrected chi connectivity index (χ2v) is 6.51. The van der Waals surface area contributed by atoms with Gasteiger partial charge >= 0.3 is 0 Å². The van der Waals surface area contributed by atoms with Crippen molar-refractivity contribution in [3.63, 3.8) is 0 Å². The van der Waals surface area contributed by atoms with Crippen LogP contribution in [0.5, 0.6) is 5.88 Å². The van der Waals surface area contributed by atoms with Gasteiger partial charge < -0.3 is 9.64 Å². The van der Waals surface area contributed by atoms with Crippen LogP contribution in [0.4, 0.5) is 0 Å². The number of amides is 1. The summed E-state index contributed by atoms with van der Waals surface area (Å²) >= 11 is 0. The highest BCUT2D eigenvalue weighted by atomic mass is 16.5. The highest BCUT2D eigenvalue weighted by Gasteiger charge is 2.31. The third-order valence-electron chi connectivity index (χ3n) is 4.77. The van der Waals surface area contributed by atoms with Crippen LogP contribution >= 0.6 is 0 Å². The van der Waals surface area contributed by atoms with Crippen molar-refractivity contribution in [3.05, 3.63) is 53.6 Å². The smallest absolute Gasteiger partial charge is 0.259 e. The number of hydrogen-bond donors (Lipinski definition) is 0. The molecule has 1 unspecified atom stereocenters. The molecular formula is C19H21N5O2. The number of aryl methyl sites for hydroxylation is 1. The molecule has 0 aromatic carbocycles. The molecule has 1 aliphatic heterocycles. The minimum atomic E-state index is -0.0639. The number of methoxy groups -OCH3 is 1. The lowest BCUT2D eigenvalue weighted by molar-refractivity contribution is 0.0602. The van der Waals surface area contributed by atoms with Crippen LogP contribution in [0.15, 0.2) is 36.7 Å². The van der Waals surface area contributed by atoms with E-state index in [1.54, 1.807) is 22.8 Å². The molecule has 0 bridgehead atoms. The van der Waals surface area contributed by atoms with Crippen molar-refractivity contribution in [2.75, 3.05) is 13.7 Å². The first-order valence-electron chi connectivity index (χ1n) is 8.80. The van der Waals surface area contributed by atoms with Gasteiger partial charge in [0.2, 0.25) is 5.88 Å². The van der Waals surface area contributed by atoms with Gasteiger partial charge in [-0.05, 0) is 44.4 Å². The first-order chi connectivity index (χ1) is 12.7. The van der Waals surface area contributed by atoms with E-state index in [4.69, 9.17) is 9.72 Å². The average molecular weight is 351 g/mol. The number of likely N-dealkylation sites (tertiary alicyclic amines) is 1. The molecule has 3 aromatic heterocycles. The van der Waals surface area contributed by atoms with E-state index in [1.165, 1.54) is 7.11 Å². The van der Waals surface area contributed by atoms with Gasteiger partial charge in [0, 0.05) is 25.0 Å². The Balaban J connectivity index is 1.70. The Bertz CT molecular complexity index is 952. The van der Waals surface area contributed by atoms with Crippen LogP contribution in [0, 0.1) is 6.92 Å². The van der Waals surface area contributed by atoms with Crippen LogP contribution in [-0.4, -0.2) is 44.0 Å². The van der Waals surface area contributed by atoms with Crippen molar-refractivity contribution >= 4 is 11.6 Å². The zero-order chi connectivity index (χ0) is 18.1. The van der Waals surface area contributed by atoms with E-state index in [-0.39, 0.29) is 11.9 Å². The summed E-state index contributed by atoms with van der Waals surface area (Å²) in [6.07, 6.45) is 6.49. The highest BCUT2D eigenvalue weighted by molar-refractivity contribution is 5.96. The van der Waals surface area contributed by atoms with E-state index in [2.05, 4.69) is 10.1 Å². The summed E-state index contributed by atoms with van der Waals surface area (Å²) in [4.78, 5) is 24.0. The van der Waals surface area contributed by atoms with E-state index in [0.29, 0.717) is 18.0 Å². The van der Waals surface area contributed by atoms with E-state index in [0.717, 1.165) is 36.3 Å². The normalized spacial score (nSPS) is 17.5. The van der Waals surface area contributed by atoms with Crippen molar-refractivity contribution in [2.24, 2.45) is 0 Å². The van der Waals surface area contributed by atoms with Crippen molar-refractivity contribution in [2.45, 2.75) is 32.2 Å². The Kier molecular flexibility index (Phi) is 4.28. The fourth-order valence-corrected chi connectivity index (χ4v) is 3.55. The fraction of sp³-hybridized carbons (Fsp3) is 0.368. The monoisotopic (exact) mass is 351 g/mol. The maximum atomic E-state index is 13.2. The lowest BCUT2D eigenvalue weighted by Crippen LogP contribution is -2.39. The highest BCUT2D eigenvalue weighted by Crippen LogP contribution is 2.32. The lowest BCUT2D eigenvalue weighted by atomic mass is 9.98. The molecule has 1 aliphatic rings. The van der Waals surface area contributed by atoms with Crippen LogP contribution < -0.4 is 4.74 Å². The Morgan fingerprint density at radius 1 is 1.31 bits per heavy atom. The lowest BCUT2D eigenvalue weighted by Gasteiger charge is -2.35. The minimum absolute atomic E-state index is 0.0543. The summed E-state index contributed by atoms with van der Waals surface area (Å²) in [5, 5.41) is 4.37. The Hall–Kier alpha value is -2.96. The van der Waals surface area contributed by atoms with Gasteiger partial charge in [-0.2, -0.15) is 5.10 Å². The van der Waals surface area contributed by atoms with Gasteiger partial charge in [-0.3, -0.25) is 4.79 Å². The van der Waals surface area contributed by atoms with Crippen LogP contribution in [-0.2, 0) is 0 Å². The summed E-state index contributed by atoms with van der Waals surface area (Å²) in [5.41, 5.74) is 3.11. The van der Waals surface area contributed by atoms with Crippen LogP contribution in [0.3, 0.4) is 0 Å². The average Bonchev–Trinajstić information content (AvgIpc) is 3.06. The van der Waals surface area contributed by atoms with Crippen molar-refractivity contribution < 1.29 is 9.53 Å². The molecule has 7 nitrogen and oxygen atoms in total. The molecule has 1 fully saturated rings. The summed E-state index contributed by atoms with van der Waals surface area (Å²) < 4.78 is 7.03. The van der Waals surface area contributed by atoms with Gasteiger partial charge in [-0.25, -0.2) is 14.5 Å². The summed E-state index contributed by atoms with van der Waals surface area (Å²) in [5.74, 6) is 0.294. The molecule has 0 aliphatic carbocycles. The van der Waals surface area contributed by atoms with Gasteiger partial charge in [0.25, 0.3) is 5.91 Å². The number of carbonyl (C=O) groups excluding carboxylic acids is 1.